The first-order chi connectivity index (χ1) is 12.3. The number of nitrogens with one attached hydrogen (secondary N) is 1. The zero-order valence-electron chi connectivity index (χ0n) is 15.7. The molecule has 26 heavy (non-hydrogen) atoms. The van der Waals surface area contributed by atoms with Crippen LogP contribution < -0.4 is 10.1 Å². The smallest absolute Gasteiger partial charge is 0.414 e. The number of hydrogen-bond donors (Lipinski definition) is 3. The Kier molecular flexibility index (Phi) is 12.6. The lowest BCUT2D eigenvalue weighted by atomic mass is 9.98. The van der Waals surface area contributed by atoms with Gasteiger partial charge >= 0.3 is 11.9 Å². The molecule has 1 aromatic carbocycles. The molecule has 0 amide bonds. The number of rotatable bonds is 10. The highest BCUT2D eigenvalue weighted by atomic mass is 16.5. The fourth-order valence-electron chi connectivity index (χ4n) is 2.05. The predicted molar refractivity (Wildman–Crippen MR) is 99.9 cm³/mol. The topological polar surface area (TPSA) is 105 Å². The van der Waals surface area contributed by atoms with Gasteiger partial charge in [0.1, 0.15) is 12.4 Å². The first kappa shape index (κ1) is 23.6. The van der Waals surface area contributed by atoms with Crippen molar-refractivity contribution in [3.8, 4) is 5.75 Å². The number of carboxylic acid groups (broad SMARTS) is 2. The van der Waals surface area contributed by atoms with Gasteiger partial charge in [0.2, 0.25) is 0 Å². The quantitative estimate of drug-likeness (QED) is 0.331. The fraction of sp³-hybridized carbons (Fsp3) is 0.474. The fourth-order valence-corrected chi connectivity index (χ4v) is 2.05. The number of carboxylic acids is 2. The van der Waals surface area contributed by atoms with E-state index >= 15 is 0 Å². The van der Waals surface area contributed by atoms with E-state index in [0.29, 0.717) is 25.7 Å². The Balaban J connectivity index is 0.000000896. The first-order valence-electron chi connectivity index (χ1n) is 8.38. The lowest BCUT2D eigenvalue weighted by Gasteiger charge is -2.12. The monoisotopic (exact) mass is 367 g/mol. The third-order valence-corrected chi connectivity index (χ3v) is 3.25. The average molecular weight is 367 g/mol. The van der Waals surface area contributed by atoms with E-state index < -0.39 is 11.9 Å². The van der Waals surface area contributed by atoms with Crippen molar-refractivity contribution < 1.29 is 29.3 Å². The van der Waals surface area contributed by atoms with Gasteiger partial charge < -0.3 is 25.0 Å². The van der Waals surface area contributed by atoms with Crippen LogP contribution in [0.5, 0.6) is 5.75 Å². The third kappa shape index (κ3) is 11.2. The van der Waals surface area contributed by atoms with E-state index in [0.717, 1.165) is 18.8 Å². The second-order valence-electron chi connectivity index (χ2n) is 5.74. The molecular formula is C19H29NO6. The summed E-state index contributed by atoms with van der Waals surface area (Å²) in [5, 5.41) is 18.0. The Hall–Kier alpha value is -2.38. The standard InChI is InChI=1S/C17H27NO2.C2H2O4/c1-5-8-18-9-10-19-11-12-20-16-6-7-17(14(2)3)15(4)13-16;3-1(4)2(5)6/h5-7,13-14,18H,1,8-12H2,2-4H3;(H,3,4)(H,5,6). The van der Waals surface area contributed by atoms with Gasteiger partial charge in [-0.1, -0.05) is 26.0 Å². The van der Waals surface area contributed by atoms with Crippen LogP contribution in [-0.2, 0) is 14.3 Å². The molecule has 0 unspecified atom stereocenters. The first-order valence-corrected chi connectivity index (χ1v) is 8.38. The van der Waals surface area contributed by atoms with E-state index in [1.165, 1.54) is 11.1 Å². The molecule has 0 bridgehead atoms. The summed E-state index contributed by atoms with van der Waals surface area (Å²) in [6, 6.07) is 6.28. The number of hydrogen-bond acceptors (Lipinski definition) is 5. The summed E-state index contributed by atoms with van der Waals surface area (Å²) in [6.07, 6.45) is 1.84. The molecule has 0 atom stereocenters. The Bertz CT molecular complexity index is 559. The van der Waals surface area contributed by atoms with Crippen molar-refractivity contribution in [2.24, 2.45) is 0 Å². The minimum Gasteiger partial charge on any atom is -0.491 e. The lowest BCUT2D eigenvalue weighted by Crippen LogP contribution is -2.20. The van der Waals surface area contributed by atoms with E-state index in [4.69, 9.17) is 29.3 Å². The van der Waals surface area contributed by atoms with E-state index in [2.05, 4.69) is 44.8 Å². The van der Waals surface area contributed by atoms with Gasteiger partial charge in [0.25, 0.3) is 0 Å². The van der Waals surface area contributed by atoms with Gasteiger partial charge in [-0.05, 0) is 36.1 Å². The van der Waals surface area contributed by atoms with Crippen molar-refractivity contribution in [1.29, 1.82) is 0 Å². The highest BCUT2D eigenvalue weighted by molar-refractivity contribution is 6.27. The van der Waals surface area contributed by atoms with E-state index in [1.54, 1.807) is 0 Å². The van der Waals surface area contributed by atoms with Crippen molar-refractivity contribution in [3.05, 3.63) is 42.0 Å². The molecule has 0 aromatic heterocycles. The summed E-state index contributed by atoms with van der Waals surface area (Å²) < 4.78 is 11.2. The van der Waals surface area contributed by atoms with Crippen LogP contribution in [0.4, 0.5) is 0 Å². The zero-order valence-corrected chi connectivity index (χ0v) is 15.7. The van der Waals surface area contributed by atoms with Crippen LogP contribution >= 0.6 is 0 Å². The van der Waals surface area contributed by atoms with Crippen LogP contribution in [0.15, 0.2) is 30.9 Å². The summed E-state index contributed by atoms with van der Waals surface area (Å²) in [4.78, 5) is 18.2. The molecule has 7 heteroatoms. The maximum Gasteiger partial charge on any atom is 0.414 e. The maximum atomic E-state index is 9.10. The van der Waals surface area contributed by atoms with Crippen LogP contribution in [0.3, 0.4) is 0 Å². The SMILES string of the molecule is C=CCNCCOCCOc1ccc(C(C)C)c(C)c1.O=C(O)C(=O)O. The largest absolute Gasteiger partial charge is 0.491 e. The molecule has 1 rings (SSSR count). The summed E-state index contributed by atoms with van der Waals surface area (Å²) in [7, 11) is 0. The molecule has 0 aliphatic rings. The molecule has 0 spiro atoms. The minimum atomic E-state index is -1.82. The van der Waals surface area contributed by atoms with Gasteiger partial charge in [-0.3, -0.25) is 0 Å². The number of aryl methyl sites for hydroxylation is 1. The van der Waals surface area contributed by atoms with Crippen molar-refractivity contribution >= 4 is 11.9 Å². The summed E-state index contributed by atoms with van der Waals surface area (Å²) in [5.41, 5.74) is 2.66. The Morgan fingerprint density at radius 1 is 1.19 bits per heavy atom. The highest BCUT2D eigenvalue weighted by Crippen LogP contribution is 2.23. The number of ether oxygens (including phenoxy) is 2. The number of carbonyl (C=O) groups is 2. The van der Waals surface area contributed by atoms with Crippen LogP contribution in [0.2, 0.25) is 0 Å². The number of aliphatic carboxylic acids is 2. The molecule has 0 fully saturated rings. The van der Waals surface area contributed by atoms with Crippen LogP contribution in [-0.4, -0.2) is 55.1 Å². The molecule has 0 saturated heterocycles. The van der Waals surface area contributed by atoms with E-state index in [9.17, 15) is 0 Å². The second kappa shape index (κ2) is 13.9. The molecule has 146 valence electrons. The maximum absolute atomic E-state index is 9.10. The van der Waals surface area contributed by atoms with Gasteiger partial charge in [-0.15, -0.1) is 6.58 Å². The van der Waals surface area contributed by atoms with Crippen LogP contribution in [0.1, 0.15) is 30.9 Å². The Morgan fingerprint density at radius 2 is 1.85 bits per heavy atom. The average Bonchev–Trinajstić information content (AvgIpc) is 2.57. The molecule has 0 saturated carbocycles. The Morgan fingerprint density at radius 3 is 2.35 bits per heavy atom. The molecule has 3 N–H and O–H groups in total. The van der Waals surface area contributed by atoms with Crippen molar-refractivity contribution in [1.82, 2.24) is 5.32 Å². The second-order valence-corrected chi connectivity index (χ2v) is 5.74. The van der Waals surface area contributed by atoms with Crippen molar-refractivity contribution in [2.45, 2.75) is 26.7 Å². The normalized spacial score (nSPS) is 10.0. The van der Waals surface area contributed by atoms with Gasteiger partial charge in [0.15, 0.2) is 0 Å². The van der Waals surface area contributed by atoms with Crippen molar-refractivity contribution in [2.75, 3.05) is 32.9 Å². The van der Waals surface area contributed by atoms with Crippen LogP contribution in [0, 0.1) is 6.92 Å². The zero-order chi connectivity index (χ0) is 19.9. The van der Waals surface area contributed by atoms with Gasteiger partial charge in [-0.25, -0.2) is 9.59 Å². The van der Waals surface area contributed by atoms with E-state index in [-0.39, 0.29) is 0 Å². The summed E-state index contributed by atoms with van der Waals surface area (Å²) in [5.74, 6) is -2.18. The predicted octanol–water partition coefficient (Wildman–Crippen LogP) is 2.45. The van der Waals surface area contributed by atoms with E-state index in [1.807, 2.05) is 12.1 Å². The Labute approximate surface area is 154 Å². The summed E-state index contributed by atoms with van der Waals surface area (Å²) in [6.45, 7) is 13.7. The van der Waals surface area contributed by atoms with Gasteiger partial charge in [0, 0.05) is 13.1 Å². The highest BCUT2D eigenvalue weighted by Gasteiger charge is 2.05. The van der Waals surface area contributed by atoms with Gasteiger partial charge in [0.05, 0.1) is 13.2 Å². The minimum absolute atomic E-state index is 0.551. The van der Waals surface area contributed by atoms with Crippen molar-refractivity contribution in [3.63, 3.8) is 0 Å². The third-order valence-electron chi connectivity index (χ3n) is 3.25. The number of benzene rings is 1. The van der Waals surface area contributed by atoms with Crippen LogP contribution in [0.25, 0.3) is 0 Å². The molecule has 0 radical (unpaired) electrons. The summed E-state index contributed by atoms with van der Waals surface area (Å²) >= 11 is 0. The molecular weight excluding hydrogens is 338 g/mol. The molecule has 0 heterocycles. The van der Waals surface area contributed by atoms with Gasteiger partial charge in [-0.2, -0.15) is 0 Å². The lowest BCUT2D eigenvalue weighted by molar-refractivity contribution is -0.159. The molecule has 1 aromatic rings. The molecule has 0 aliphatic heterocycles. The molecule has 7 nitrogen and oxygen atoms in total. The molecule has 0 aliphatic carbocycles.